The zero-order valence-electron chi connectivity index (χ0n) is 15.8. The molecular formula is C20H26N4O2S. The van der Waals surface area contributed by atoms with Crippen LogP contribution in [0.25, 0.3) is 10.9 Å². The number of thioether (sulfide) groups is 1. The SMILES string of the molecule is CNC(=O)C[C@@H]1CSC(c2cc3cccc(N(C)C4CCOCC4)c3[nH]2)=N1. The number of nitrogens with one attached hydrogen (secondary N) is 2. The van der Waals surface area contributed by atoms with Crippen LogP contribution >= 0.6 is 11.8 Å². The highest BCUT2D eigenvalue weighted by Gasteiger charge is 2.24. The number of H-pyrrole nitrogens is 1. The molecule has 0 aliphatic carbocycles. The molecule has 144 valence electrons. The van der Waals surface area contributed by atoms with Crippen molar-refractivity contribution in [3.05, 3.63) is 30.0 Å². The van der Waals surface area contributed by atoms with Crippen LogP contribution in [0.4, 0.5) is 5.69 Å². The number of nitrogens with zero attached hydrogens (tertiary/aromatic N) is 2. The number of aliphatic imine (C=N–C) groups is 1. The summed E-state index contributed by atoms with van der Waals surface area (Å²) in [6.45, 7) is 1.67. The summed E-state index contributed by atoms with van der Waals surface area (Å²) in [4.78, 5) is 22.3. The number of aromatic nitrogens is 1. The molecule has 1 atom stereocenters. The second-order valence-corrected chi connectivity index (χ2v) is 8.16. The fourth-order valence-electron chi connectivity index (χ4n) is 3.80. The highest BCUT2D eigenvalue weighted by molar-refractivity contribution is 8.14. The summed E-state index contributed by atoms with van der Waals surface area (Å²) in [5.41, 5.74) is 3.41. The Balaban J connectivity index is 1.59. The van der Waals surface area contributed by atoms with Crippen molar-refractivity contribution in [2.24, 2.45) is 4.99 Å². The van der Waals surface area contributed by atoms with E-state index in [2.05, 4.69) is 46.5 Å². The minimum absolute atomic E-state index is 0.0441. The highest BCUT2D eigenvalue weighted by Crippen LogP contribution is 2.32. The molecule has 1 amide bonds. The Labute approximate surface area is 163 Å². The number of carbonyl (C=O) groups is 1. The molecule has 3 heterocycles. The number of para-hydroxylation sites is 1. The molecule has 1 aromatic heterocycles. The van der Waals surface area contributed by atoms with E-state index in [9.17, 15) is 4.79 Å². The van der Waals surface area contributed by atoms with Gasteiger partial charge in [-0.1, -0.05) is 12.1 Å². The molecule has 0 radical (unpaired) electrons. The number of carbonyl (C=O) groups excluding carboxylic acids is 1. The molecule has 0 spiro atoms. The summed E-state index contributed by atoms with van der Waals surface area (Å²) in [5, 5.41) is 4.87. The number of rotatable bonds is 5. The molecule has 2 aliphatic heterocycles. The van der Waals surface area contributed by atoms with Gasteiger partial charge in [-0.2, -0.15) is 0 Å². The van der Waals surface area contributed by atoms with Gasteiger partial charge in [-0.05, 0) is 25.0 Å². The van der Waals surface area contributed by atoms with E-state index < -0.39 is 0 Å². The van der Waals surface area contributed by atoms with Gasteiger partial charge in [0.15, 0.2) is 0 Å². The lowest BCUT2D eigenvalue weighted by Crippen LogP contribution is -2.36. The summed E-state index contributed by atoms with van der Waals surface area (Å²) >= 11 is 1.72. The third kappa shape index (κ3) is 3.84. The lowest BCUT2D eigenvalue weighted by Gasteiger charge is -2.33. The fourth-order valence-corrected chi connectivity index (χ4v) is 4.83. The molecule has 27 heavy (non-hydrogen) atoms. The molecule has 0 bridgehead atoms. The van der Waals surface area contributed by atoms with Gasteiger partial charge in [0.1, 0.15) is 5.04 Å². The Hall–Kier alpha value is -1.99. The largest absolute Gasteiger partial charge is 0.381 e. The number of amides is 1. The van der Waals surface area contributed by atoms with Crippen LogP contribution in [0, 0.1) is 0 Å². The molecule has 1 aromatic carbocycles. The van der Waals surface area contributed by atoms with Crippen LogP contribution in [0.3, 0.4) is 0 Å². The van der Waals surface area contributed by atoms with Crippen LogP contribution in [-0.2, 0) is 9.53 Å². The maximum atomic E-state index is 11.6. The fraction of sp³-hybridized carbons (Fsp3) is 0.500. The predicted molar refractivity (Wildman–Crippen MR) is 112 cm³/mol. The van der Waals surface area contributed by atoms with Crippen LogP contribution in [-0.4, -0.2) is 61.1 Å². The third-order valence-corrected chi connectivity index (χ3v) is 6.55. The first-order valence-electron chi connectivity index (χ1n) is 9.49. The zero-order chi connectivity index (χ0) is 18.8. The Morgan fingerprint density at radius 3 is 3.00 bits per heavy atom. The first-order chi connectivity index (χ1) is 13.2. The molecule has 2 N–H and O–H groups in total. The van der Waals surface area contributed by atoms with Gasteiger partial charge in [0.25, 0.3) is 0 Å². The van der Waals surface area contributed by atoms with Crippen molar-refractivity contribution >= 4 is 39.3 Å². The summed E-state index contributed by atoms with van der Waals surface area (Å²) in [5.74, 6) is 0.898. The van der Waals surface area contributed by atoms with Crippen molar-refractivity contribution in [2.45, 2.75) is 31.3 Å². The normalized spacial score (nSPS) is 20.7. The molecule has 0 unspecified atom stereocenters. The number of anilines is 1. The van der Waals surface area contributed by atoms with Crippen LogP contribution in [0.15, 0.2) is 29.3 Å². The Kier molecular flexibility index (Phi) is 5.41. The molecule has 2 aromatic rings. The van der Waals surface area contributed by atoms with Crippen LogP contribution in [0.5, 0.6) is 0 Å². The van der Waals surface area contributed by atoms with Gasteiger partial charge in [-0.15, -0.1) is 11.8 Å². The molecular weight excluding hydrogens is 360 g/mol. The van der Waals surface area contributed by atoms with Gasteiger partial charge in [0.2, 0.25) is 5.91 Å². The van der Waals surface area contributed by atoms with Gasteiger partial charge >= 0.3 is 0 Å². The molecule has 6 nitrogen and oxygen atoms in total. The molecule has 1 fully saturated rings. The number of fused-ring (bicyclic) bond motifs is 1. The minimum Gasteiger partial charge on any atom is -0.381 e. The smallest absolute Gasteiger partial charge is 0.221 e. The van der Waals surface area contributed by atoms with Crippen molar-refractivity contribution in [2.75, 3.05) is 38.0 Å². The van der Waals surface area contributed by atoms with Crippen molar-refractivity contribution in [1.82, 2.24) is 10.3 Å². The molecule has 1 saturated heterocycles. The van der Waals surface area contributed by atoms with Crippen LogP contribution in [0.1, 0.15) is 25.0 Å². The topological polar surface area (TPSA) is 69.7 Å². The molecule has 2 aliphatic rings. The van der Waals surface area contributed by atoms with Crippen molar-refractivity contribution in [3.63, 3.8) is 0 Å². The summed E-state index contributed by atoms with van der Waals surface area (Å²) < 4.78 is 5.51. The minimum atomic E-state index is 0.0441. The van der Waals surface area contributed by atoms with Gasteiger partial charge in [0, 0.05) is 50.9 Å². The van der Waals surface area contributed by atoms with E-state index in [1.54, 1.807) is 18.8 Å². The first kappa shape index (κ1) is 18.4. The zero-order valence-corrected chi connectivity index (χ0v) is 16.6. The average molecular weight is 387 g/mol. The standard InChI is InChI=1S/C20H26N4O2S/c1-21-18(25)11-14-12-27-20(22-14)16-10-13-4-3-5-17(19(13)23-16)24(2)15-6-8-26-9-7-15/h3-5,10,14-15,23H,6-9,11-12H2,1-2H3,(H,21,25)/t14-/m1/s1. The van der Waals surface area contributed by atoms with E-state index in [1.807, 2.05) is 0 Å². The summed E-state index contributed by atoms with van der Waals surface area (Å²) in [6.07, 6.45) is 2.57. The summed E-state index contributed by atoms with van der Waals surface area (Å²) in [7, 11) is 3.84. The maximum absolute atomic E-state index is 11.6. The van der Waals surface area contributed by atoms with Gasteiger partial charge in [0.05, 0.1) is 22.9 Å². The van der Waals surface area contributed by atoms with Gasteiger partial charge in [-0.25, -0.2) is 0 Å². The average Bonchev–Trinajstić information content (AvgIpc) is 3.34. The lowest BCUT2D eigenvalue weighted by molar-refractivity contribution is -0.120. The second kappa shape index (κ2) is 7.94. The van der Waals surface area contributed by atoms with E-state index in [0.29, 0.717) is 12.5 Å². The number of benzene rings is 1. The monoisotopic (exact) mass is 386 g/mol. The number of hydrogen-bond acceptors (Lipinski definition) is 5. The van der Waals surface area contributed by atoms with E-state index in [0.717, 1.165) is 48.1 Å². The van der Waals surface area contributed by atoms with E-state index in [1.165, 1.54) is 11.1 Å². The quantitative estimate of drug-likeness (QED) is 0.829. The molecule has 7 heteroatoms. The maximum Gasteiger partial charge on any atom is 0.221 e. The summed E-state index contributed by atoms with van der Waals surface area (Å²) in [6, 6.07) is 9.16. The lowest BCUT2D eigenvalue weighted by atomic mass is 10.1. The third-order valence-electron chi connectivity index (χ3n) is 5.40. The van der Waals surface area contributed by atoms with Crippen LogP contribution < -0.4 is 10.2 Å². The highest BCUT2D eigenvalue weighted by atomic mass is 32.2. The Bertz CT molecular complexity index is 857. The predicted octanol–water partition coefficient (Wildman–Crippen LogP) is 2.78. The van der Waals surface area contributed by atoms with Crippen LogP contribution in [0.2, 0.25) is 0 Å². The number of ether oxygens (including phenoxy) is 1. The van der Waals surface area contributed by atoms with E-state index in [4.69, 9.17) is 9.73 Å². The van der Waals surface area contributed by atoms with E-state index >= 15 is 0 Å². The Morgan fingerprint density at radius 2 is 2.22 bits per heavy atom. The molecule has 4 rings (SSSR count). The number of aromatic amines is 1. The second-order valence-electron chi connectivity index (χ2n) is 7.16. The Morgan fingerprint density at radius 1 is 1.41 bits per heavy atom. The van der Waals surface area contributed by atoms with E-state index in [-0.39, 0.29) is 11.9 Å². The first-order valence-corrected chi connectivity index (χ1v) is 10.5. The molecule has 0 saturated carbocycles. The van der Waals surface area contributed by atoms with Crippen molar-refractivity contribution < 1.29 is 9.53 Å². The van der Waals surface area contributed by atoms with Crippen molar-refractivity contribution in [1.29, 1.82) is 0 Å². The number of hydrogen-bond donors (Lipinski definition) is 2. The van der Waals surface area contributed by atoms with Gasteiger partial charge < -0.3 is 19.9 Å². The van der Waals surface area contributed by atoms with Crippen molar-refractivity contribution in [3.8, 4) is 0 Å². The van der Waals surface area contributed by atoms with Gasteiger partial charge in [-0.3, -0.25) is 9.79 Å².